The Hall–Kier alpha value is -1.64. The average molecular weight is 250 g/mol. The van der Waals surface area contributed by atoms with Crippen molar-refractivity contribution in [3.8, 4) is 5.75 Å². The van der Waals surface area contributed by atoms with Gasteiger partial charge in [0.1, 0.15) is 11.6 Å². The smallest absolute Gasteiger partial charge is 0.163 e. The average Bonchev–Trinajstić information content (AvgIpc) is 2.35. The predicted octanol–water partition coefficient (Wildman–Crippen LogP) is 4.15. The molecule has 0 aliphatic carbocycles. The summed E-state index contributed by atoms with van der Waals surface area (Å²) in [6, 6.07) is 4.03. The molecular weight excluding hydrogens is 231 g/mol. The molecule has 0 aromatic heterocycles. The Balaban J connectivity index is 2.46. The zero-order chi connectivity index (χ0) is 13.4. The van der Waals surface area contributed by atoms with Gasteiger partial charge in [0, 0.05) is 0 Å². The molecule has 98 valence electrons. The maximum absolute atomic E-state index is 13.0. The Kier molecular flexibility index (Phi) is 6.12. The van der Waals surface area contributed by atoms with Crippen LogP contribution < -0.4 is 4.74 Å². The molecule has 0 fully saturated rings. The van der Waals surface area contributed by atoms with Gasteiger partial charge in [0.25, 0.3) is 0 Å². The molecule has 0 atom stereocenters. The Morgan fingerprint density at radius 1 is 1.39 bits per heavy atom. The maximum atomic E-state index is 13.0. The fraction of sp³-hybridized carbons (Fsp3) is 0.400. The van der Waals surface area contributed by atoms with Gasteiger partial charge in [-0.3, -0.25) is 4.79 Å². The van der Waals surface area contributed by atoms with Gasteiger partial charge in [-0.05, 0) is 50.8 Å². The predicted molar refractivity (Wildman–Crippen MR) is 70.6 cm³/mol. The SMILES string of the molecule is C=CCCCCCOc1ccc(F)cc1C(C)=O. The number of hydrogen-bond donors (Lipinski definition) is 0. The van der Waals surface area contributed by atoms with Crippen LogP contribution in [0.4, 0.5) is 4.39 Å². The number of benzene rings is 1. The molecule has 0 saturated heterocycles. The van der Waals surface area contributed by atoms with Crippen molar-refractivity contribution in [3.63, 3.8) is 0 Å². The van der Waals surface area contributed by atoms with E-state index in [1.807, 2.05) is 6.08 Å². The van der Waals surface area contributed by atoms with E-state index in [2.05, 4.69) is 6.58 Å². The van der Waals surface area contributed by atoms with Crippen LogP contribution in [-0.2, 0) is 0 Å². The Bertz CT molecular complexity index is 413. The van der Waals surface area contributed by atoms with Gasteiger partial charge in [-0.15, -0.1) is 6.58 Å². The number of carbonyl (C=O) groups is 1. The molecule has 0 saturated carbocycles. The normalized spacial score (nSPS) is 10.1. The van der Waals surface area contributed by atoms with Gasteiger partial charge >= 0.3 is 0 Å². The summed E-state index contributed by atoms with van der Waals surface area (Å²) in [6.45, 7) is 5.61. The van der Waals surface area contributed by atoms with Crippen LogP contribution in [0.25, 0.3) is 0 Å². The van der Waals surface area contributed by atoms with Crippen LogP contribution in [0.3, 0.4) is 0 Å². The molecule has 0 aliphatic heterocycles. The van der Waals surface area contributed by atoms with E-state index in [0.717, 1.165) is 25.7 Å². The van der Waals surface area contributed by atoms with Crippen molar-refractivity contribution in [1.29, 1.82) is 0 Å². The zero-order valence-corrected chi connectivity index (χ0v) is 10.7. The molecular formula is C15H19FO2. The van der Waals surface area contributed by atoms with Gasteiger partial charge in [-0.2, -0.15) is 0 Å². The van der Waals surface area contributed by atoms with Crippen molar-refractivity contribution in [2.75, 3.05) is 6.61 Å². The summed E-state index contributed by atoms with van der Waals surface area (Å²) in [5, 5.41) is 0. The molecule has 0 N–H and O–H groups in total. The van der Waals surface area contributed by atoms with Gasteiger partial charge < -0.3 is 4.74 Å². The summed E-state index contributed by atoms with van der Waals surface area (Å²) in [5.41, 5.74) is 0.307. The van der Waals surface area contributed by atoms with Crippen molar-refractivity contribution in [1.82, 2.24) is 0 Å². The monoisotopic (exact) mass is 250 g/mol. The van der Waals surface area contributed by atoms with Gasteiger partial charge in [-0.25, -0.2) is 4.39 Å². The van der Waals surface area contributed by atoms with Crippen LogP contribution in [0.2, 0.25) is 0 Å². The third kappa shape index (κ3) is 4.70. The maximum Gasteiger partial charge on any atom is 0.163 e. The molecule has 0 spiro atoms. The lowest BCUT2D eigenvalue weighted by molar-refractivity contribution is 0.101. The highest BCUT2D eigenvalue weighted by Crippen LogP contribution is 2.20. The number of Topliss-reactive ketones (excluding diaryl/α,β-unsaturated/α-hetero) is 1. The van der Waals surface area contributed by atoms with Crippen LogP contribution in [0.1, 0.15) is 43.0 Å². The van der Waals surface area contributed by atoms with Crippen molar-refractivity contribution in [2.45, 2.75) is 32.6 Å². The topological polar surface area (TPSA) is 26.3 Å². The standard InChI is InChI=1S/C15H19FO2/c1-3-4-5-6-7-10-18-15-9-8-13(16)11-14(15)12(2)17/h3,8-9,11H,1,4-7,10H2,2H3. The van der Waals surface area contributed by atoms with Crippen LogP contribution in [0.15, 0.2) is 30.9 Å². The van der Waals surface area contributed by atoms with E-state index in [9.17, 15) is 9.18 Å². The minimum Gasteiger partial charge on any atom is -0.493 e. The highest BCUT2D eigenvalue weighted by Gasteiger charge is 2.09. The summed E-state index contributed by atoms with van der Waals surface area (Å²) in [6.07, 6.45) is 5.98. The van der Waals surface area contributed by atoms with Gasteiger partial charge in [0.05, 0.1) is 12.2 Å². The first kappa shape index (κ1) is 14.4. The quantitative estimate of drug-likeness (QED) is 0.393. The summed E-state index contributed by atoms with van der Waals surface area (Å²) in [5.74, 6) is -0.137. The molecule has 0 bridgehead atoms. The Labute approximate surface area is 107 Å². The van der Waals surface area contributed by atoms with Gasteiger partial charge in [0.15, 0.2) is 5.78 Å². The summed E-state index contributed by atoms with van der Waals surface area (Å²) in [4.78, 5) is 11.3. The van der Waals surface area contributed by atoms with Crippen LogP contribution in [-0.4, -0.2) is 12.4 Å². The molecule has 0 unspecified atom stereocenters. The van der Waals surface area contributed by atoms with Crippen LogP contribution in [0, 0.1) is 5.82 Å². The van der Waals surface area contributed by atoms with E-state index in [0.29, 0.717) is 17.9 Å². The first-order valence-electron chi connectivity index (χ1n) is 6.19. The van der Waals surface area contributed by atoms with Gasteiger partial charge in [0.2, 0.25) is 0 Å². The molecule has 1 aromatic carbocycles. The number of ether oxygens (including phenoxy) is 1. The largest absolute Gasteiger partial charge is 0.493 e. The van der Waals surface area contributed by atoms with E-state index in [-0.39, 0.29) is 5.78 Å². The Morgan fingerprint density at radius 2 is 2.17 bits per heavy atom. The molecule has 18 heavy (non-hydrogen) atoms. The van der Waals surface area contributed by atoms with Crippen molar-refractivity contribution in [2.24, 2.45) is 0 Å². The van der Waals surface area contributed by atoms with Crippen molar-refractivity contribution >= 4 is 5.78 Å². The Morgan fingerprint density at radius 3 is 2.83 bits per heavy atom. The van der Waals surface area contributed by atoms with Crippen LogP contribution >= 0.6 is 0 Å². The lowest BCUT2D eigenvalue weighted by Crippen LogP contribution is -2.03. The number of halogens is 1. The second-order valence-electron chi connectivity index (χ2n) is 4.18. The zero-order valence-electron chi connectivity index (χ0n) is 10.7. The third-order valence-corrected chi connectivity index (χ3v) is 2.63. The molecule has 0 radical (unpaired) electrons. The second-order valence-corrected chi connectivity index (χ2v) is 4.18. The van der Waals surface area contributed by atoms with Crippen LogP contribution in [0.5, 0.6) is 5.75 Å². The first-order chi connectivity index (χ1) is 8.65. The van der Waals surface area contributed by atoms with E-state index >= 15 is 0 Å². The first-order valence-corrected chi connectivity index (χ1v) is 6.19. The lowest BCUT2D eigenvalue weighted by atomic mass is 10.1. The number of hydrogen-bond acceptors (Lipinski definition) is 2. The summed E-state index contributed by atoms with van der Waals surface area (Å²) in [7, 11) is 0. The minimum absolute atomic E-state index is 0.184. The third-order valence-electron chi connectivity index (χ3n) is 2.63. The lowest BCUT2D eigenvalue weighted by Gasteiger charge is -2.09. The molecule has 0 aliphatic rings. The number of unbranched alkanes of at least 4 members (excludes halogenated alkanes) is 3. The molecule has 1 rings (SSSR count). The summed E-state index contributed by atoms with van der Waals surface area (Å²) >= 11 is 0. The number of carbonyl (C=O) groups excluding carboxylic acids is 1. The molecule has 1 aromatic rings. The van der Waals surface area contributed by atoms with E-state index in [1.165, 1.54) is 25.1 Å². The fourth-order valence-electron chi connectivity index (χ4n) is 1.65. The second kappa shape index (κ2) is 7.64. The highest BCUT2D eigenvalue weighted by molar-refractivity contribution is 5.96. The van der Waals surface area contributed by atoms with E-state index in [1.54, 1.807) is 0 Å². The van der Waals surface area contributed by atoms with E-state index < -0.39 is 5.82 Å². The van der Waals surface area contributed by atoms with E-state index in [4.69, 9.17) is 4.74 Å². The summed E-state index contributed by atoms with van der Waals surface area (Å²) < 4.78 is 18.5. The molecule has 3 heteroatoms. The minimum atomic E-state index is -0.418. The van der Waals surface area contributed by atoms with Crippen molar-refractivity contribution in [3.05, 3.63) is 42.2 Å². The number of ketones is 1. The number of allylic oxidation sites excluding steroid dienone is 1. The van der Waals surface area contributed by atoms with Crippen molar-refractivity contribution < 1.29 is 13.9 Å². The number of rotatable bonds is 8. The molecule has 0 heterocycles. The fourth-order valence-corrected chi connectivity index (χ4v) is 1.65. The molecule has 2 nitrogen and oxygen atoms in total. The highest BCUT2D eigenvalue weighted by atomic mass is 19.1. The molecule has 0 amide bonds. The van der Waals surface area contributed by atoms with Gasteiger partial charge in [-0.1, -0.05) is 6.08 Å².